The van der Waals surface area contributed by atoms with Crippen LogP contribution in [0.3, 0.4) is 0 Å². The van der Waals surface area contributed by atoms with E-state index in [4.69, 9.17) is 0 Å². The number of phenols is 2. The highest BCUT2D eigenvalue weighted by atomic mass is 19.1. The second-order valence-corrected chi connectivity index (χ2v) is 7.55. The van der Waals surface area contributed by atoms with Gasteiger partial charge in [0.15, 0.2) is 0 Å². The molecule has 32 heavy (non-hydrogen) atoms. The molecule has 4 aromatic rings. The first kappa shape index (κ1) is 21.1. The minimum Gasteiger partial charge on any atom is -0.507 e. The molecule has 1 aromatic heterocycles. The molecule has 0 radical (unpaired) electrons. The Morgan fingerprint density at radius 2 is 1.75 bits per heavy atom. The molecule has 4 rings (SSSR count). The largest absolute Gasteiger partial charge is 0.507 e. The van der Waals surface area contributed by atoms with E-state index in [1.54, 1.807) is 35.1 Å². The van der Waals surface area contributed by atoms with Crippen molar-refractivity contribution in [3.05, 3.63) is 95.4 Å². The van der Waals surface area contributed by atoms with Crippen molar-refractivity contribution in [2.45, 2.75) is 13.5 Å². The molecule has 0 aliphatic carbocycles. The molecule has 0 bridgehead atoms. The third-order valence-corrected chi connectivity index (χ3v) is 5.32. The third kappa shape index (κ3) is 3.92. The van der Waals surface area contributed by atoms with E-state index in [0.29, 0.717) is 16.8 Å². The van der Waals surface area contributed by atoms with Crippen LogP contribution in [0.15, 0.2) is 72.9 Å². The maximum absolute atomic E-state index is 14.0. The number of rotatable bonds is 5. The molecule has 1 heterocycles. The number of carbonyl (C=O) groups is 1. The maximum atomic E-state index is 14.0. The van der Waals surface area contributed by atoms with Crippen molar-refractivity contribution in [2.24, 2.45) is 0 Å². The molecule has 0 aliphatic rings. The SMILES string of the molecule is Cc1ccccc1-n1nccc1-c1cc(C(=O)N(C)Cc2ccccc2F)c(O)cc1O. The lowest BCUT2D eigenvalue weighted by molar-refractivity contribution is 0.0781. The average molecular weight is 431 g/mol. The molecule has 162 valence electrons. The van der Waals surface area contributed by atoms with Gasteiger partial charge in [0.05, 0.1) is 23.1 Å². The lowest BCUT2D eigenvalue weighted by atomic mass is 10.0. The van der Waals surface area contributed by atoms with Crippen molar-refractivity contribution >= 4 is 5.91 Å². The number of nitrogens with zero attached hydrogens (tertiary/aromatic N) is 3. The van der Waals surface area contributed by atoms with E-state index in [1.807, 2.05) is 31.2 Å². The second-order valence-electron chi connectivity index (χ2n) is 7.55. The molecule has 7 heteroatoms. The van der Waals surface area contributed by atoms with Crippen molar-refractivity contribution < 1.29 is 19.4 Å². The number of halogens is 1. The Morgan fingerprint density at radius 1 is 1.03 bits per heavy atom. The fourth-order valence-corrected chi connectivity index (χ4v) is 3.61. The highest BCUT2D eigenvalue weighted by molar-refractivity contribution is 5.98. The van der Waals surface area contributed by atoms with Gasteiger partial charge in [-0.2, -0.15) is 5.10 Å². The van der Waals surface area contributed by atoms with Crippen LogP contribution in [0.25, 0.3) is 16.9 Å². The van der Waals surface area contributed by atoms with Gasteiger partial charge in [-0.25, -0.2) is 9.07 Å². The monoisotopic (exact) mass is 431 g/mol. The van der Waals surface area contributed by atoms with Crippen molar-refractivity contribution in [3.63, 3.8) is 0 Å². The van der Waals surface area contributed by atoms with Crippen molar-refractivity contribution in [3.8, 4) is 28.4 Å². The van der Waals surface area contributed by atoms with Gasteiger partial charge in [0.25, 0.3) is 5.91 Å². The molecule has 0 spiro atoms. The number of carbonyl (C=O) groups excluding carboxylic acids is 1. The van der Waals surface area contributed by atoms with E-state index in [-0.39, 0.29) is 23.6 Å². The predicted octanol–water partition coefficient (Wildman–Crippen LogP) is 4.67. The highest BCUT2D eigenvalue weighted by Gasteiger charge is 2.22. The Labute approximate surface area is 184 Å². The van der Waals surface area contributed by atoms with Crippen molar-refractivity contribution in [2.75, 3.05) is 7.05 Å². The molecule has 0 saturated carbocycles. The summed E-state index contributed by atoms with van der Waals surface area (Å²) in [6, 6.07) is 18.1. The Morgan fingerprint density at radius 3 is 2.50 bits per heavy atom. The van der Waals surface area contributed by atoms with Crippen molar-refractivity contribution in [1.29, 1.82) is 0 Å². The number of benzene rings is 3. The lowest BCUT2D eigenvalue weighted by Crippen LogP contribution is -2.26. The van der Waals surface area contributed by atoms with E-state index in [9.17, 15) is 19.4 Å². The van der Waals surface area contributed by atoms with Crippen LogP contribution in [0.4, 0.5) is 4.39 Å². The van der Waals surface area contributed by atoms with Gasteiger partial charge >= 0.3 is 0 Å². The van der Waals surface area contributed by atoms with Gasteiger partial charge in [-0.15, -0.1) is 0 Å². The topological polar surface area (TPSA) is 78.6 Å². The van der Waals surface area contributed by atoms with Gasteiger partial charge in [-0.1, -0.05) is 36.4 Å². The Hall–Kier alpha value is -4.13. The number of aryl methyl sites for hydroxylation is 1. The van der Waals surface area contributed by atoms with Gasteiger partial charge in [0.2, 0.25) is 0 Å². The first-order valence-corrected chi connectivity index (χ1v) is 10.0. The number of aromatic hydroxyl groups is 2. The molecular weight excluding hydrogens is 409 g/mol. The van der Waals surface area contributed by atoms with E-state index >= 15 is 0 Å². The summed E-state index contributed by atoms with van der Waals surface area (Å²) in [7, 11) is 1.53. The molecule has 0 unspecified atom stereocenters. The van der Waals surface area contributed by atoms with E-state index in [0.717, 1.165) is 17.3 Å². The smallest absolute Gasteiger partial charge is 0.257 e. The molecule has 1 amide bonds. The van der Waals surface area contributed by atoms with Crippen LogP contribution in [0.1, 0.15) is 21.5 Å². The van der Waals surface area contributed by atoms with Crippen LogP contribution in [0, 0.1) is 12.7 Å². The normalized spacial score (nSPS) is 10.8. The minimum absolute atomic E-state index is 0.00540. The number of para-hydroxylation sites is 1. The number of phenolic OH excluding ortho intramolecular Hbond substituents is 2. The second kappa shape index (κ2) is 8.55. The van der Waals surface area contributed by atoms with E-state index in [1.165, 1.54) is 24.1 Å². The van der Waals surface area contributed by atoms with Crippen LogP contribution >= 0.6 is 0 Å². The molecule has 3 aromatic carbocycles. The summed E-state index contributed by atoms with van der Waals surface area (Å²) in [5.41, 5.74) is 3.06. The van der Waals surface area contributed by atoms with Crippen LogP contribution in [-0.4, -0.2) is 37.8 Å². The van der Waals surface area contributed by atoms with Crippen LogP contribution < -0.4 is 0 Å². The highest BCUT2D eigenvalue weighted by Crippen LogP contribution is 2.36. The van der Waals surface area contributed by atoms with Gasteiger partial charge in [0.1, 0.15) is 17.3 Å². The summed E-state index contributed by atoms with van der Waals surface area (Å²) in [5, 5.41) is 25.3. The van der Waals surface area contributed by atoms with Crippen LogP contribution in [-0.2, 0) is 6.54 Å². The first-order chi connectivity index (χ1) is 15.4. The first-order valence-electron chi connectivity index (χ1n) is 10.0. The summed E-state index contributed by atoms with van der Waals surface area (Å²) < 4.78 is 15.7. The summed E-state index contributed by atoms with van der Waals surface area (Å²) in [6.07, 6.45) is 1.60. The summed E-state index contributed by atoms with van der Waals surface area (Å²) in [4.78, 5) is 14.4. The van der Waals surface area contributed by atoms with E-state index < -0.39 is 11.7 Å². The minimum atomic E-state index is -0.506. The molecule has 6 nitrogen and oxygen atoms in total. The van der Waals surface area contributed by atoms with Crippen molar-refractivity contribution in [1.82, 2.24) is 14.7 Å². The zero-order chi connectivity index (χ0) is 22.8. The van der Waals surface area contributed by atoms with Gasteiger partial charge in [-0.05, 0) is 36.8 Å². The maximum Gasteiger partial charge on any atom is 0.257 e. The fourth-order valence-electron chi connectivity index (χ4n) is 3.61. The van der Waals surface area contributed by atoms with Gasteiger partial charge in [-0.3, -0.25) is 4.79 Å². The fraction of sp³-hybridized carbons (Fsp3) is 0.120. The molecule has 0 fully saturated rings. The number of hydrogen-bond donors (Lipinski definition) is 2. The van der Waals surface area contributed by atoms with Crippen LogP contribution in [0.2, 0.25) is 0 Å². The number of hydrogen-bond acceptors (Lipinski definition) is 4. The zero-order valence-corrected chi connectivity index (χ0v) is 17.7. The van der Waals surface area contributed by atoms with Crippen LogP contribution in [0.5, 0.6) is 11.5 Å². The summed E-state index contributed by atoms with van der Waals surface area (Å²) in [5.74, 6) is -1.47. The standard InChI is InChI=1S/C25H22FN3O3/c1-16-7-3-6-10-21(16)29-22(11-12-27-29)18-13-19(24(31)14-23(18)30)25(32)28(2)15-17-8-4-5-9-20(17)26/h3-14,30-31H,15H2,1-2H3. The molecule has 0 atom stereocenters. The van der Waals surface area contributed by atoms with E-state index in [2.05, 4.69) is 5.10 Å². The summed E-state index contributed by atoms with van der Waals surface area (Å²) >= 11 is 0. The molecular formula is C25H22FN3O3. The predicted molar refractivity (Wildman–Crippen MR) is 119 cm³/mol. The Bertz CT molecular complexity index is 1300. The average Bonchev–Trinajstić information content (AvgIpc) is 3.24. The molecule has 0 saturated heterocycles. The number of amides is 1. The molecule has 0 aliphatic heterocycles. The molecule has 2 N–H and O–H groups in total. The summed E-state index contributed by atoms with van der Waals surface area (Å²) in [6.45, 7) is 1.98. The lowest BCUT2D eigenvalue weighted by Gasteiger charge is -2.19. The number of aromatic nitrogens is 2. The Balaban J connectivity index is 1.72. The van der Waals surface area contributed by atoms with Gasteiger partial charge < -0.3 is 15.1 Å². The third-order valence-electron chi connectivity index (χ3n) is 5.32. The van der Waals surface area contributed by atoms with Gasteiger partial charge in [0, 0.05) is 30.8 Å². The Kier molecular flexibility index (Phi) is 5.64. The quantitative estimate of drug-likeness (QED) is 0.481. The zero-order valence-electron chi connectivity index (χ0n) is 17.7.